The Bertz CT molecular complexity index is 404. The highest BCUT2D eigenvalue weighted by molar-refractivity contribution is 7.18. The van der Waals surface area contributed by atoms with Crippen molar-refractivity contribution in [3.63, 3.8) is 0 Å². The Kier molecular flexibility index (Phi) is 3.48. The standard InChI is InChI=1S/C11H17NO3S/c1-6-7(8(12)16-10(6)14-5)9(13)15-11(2,3)4/h12H2,1-5H3. The molecule has 90 valence electrons. The van der Waals surface area contributed by atoms with Gasteiger partial charge in [-0.25, -0.2) is 4.79 Å². The molecular formula is C11H17NO3S. The lowest BCUT2D eigenvalue weighted by Crippen LogP contribution is -2.24. The van der Waals surface area contributed by atoms with Crippen LogP contribution in [-0.4, -0.2) is 18.7 Å². The van der Waals surface area contributed by atoms with E-state index in [9.17, 15) is 4.79 Å². The Hall–Kier alpha value is -1.23. The van der Waals surface area contributed by atoms with E-state index in [-0.39, 0.29) is 0 Å². The minimum absolute atomic E-state index is 0.401. The van der Waals surface area contributed by atoms with Crippen LogP contribution in [0, 0.1) is 6.92 Å². The third-order valence-corrected chi connectivity index (χ3v) is 3.00. The number of hydrogen-bond acceptors (Lipinski definition) is 5. The Morgan fingerprint density at radius 2 is 1.94 bits per heavy atom. The molecule has 0 saturated carbocycles. The molecule has 0 bridgehead atoms. The Morgan fingerprint density at radius 3 is 2.31 bits per heavy atom. The van der Waals surface area contributed by atoms with E-state index in [4.69, 9.17) is 15.2 Å². The van der Waals surface area contributed by atoms with Gasteiger partial charge in [0.1, 0.15) is 16.2 Å². The molecule has 1 aromatic rings. The third kappa shape index (κ3) is 2.66. The van der Waals surface area contributed by atoms with Crippen molar-refractivity contribution >= 4 is 22.3 Å². The quantitative estimate of drug-likeness (QED) is 0.811. The van der Waals surface area contributed by atoms with E-state index >= 15 is 0 Å². The summed E-state index contributed by atoms with van der Waals surface area (Å²) < 4.78 is 10.4. The summed E-state index contributed by atoms with van der Waals surface area (Å²) in [5, 5.41) is 1.09. The molecule has 2 N–H and O–H groups in total. The number of rotatable bonds is 2. The highest BCUT2D eigenvalue weighted by Crippen LogP contribution is 2.37. The lowest BCUT2D eigenvalue weighted by molar-refractivity contribution is 0.00703. The summed E-state index contributed by atoms with van der Waals surface area (Å²) in [6.45, 7) is 7.25. The fourth-order valence-electron chi connectivity index (χ4n) is 1.29. The van der Waals surface area contributed by atoms with Gasteiger partial charge in [0.2, 0.25) is 0 Å². The van der Waals surface area contributed by atoms with Crippen molar-refractivity contribution in [1.29, 1.82) is 0 Å². The first-order chi connectivity index (χ1) is 7.26. The van der Waals surface area contributed by atoms with Crippen LogP contribution in [0.3, 0.4) is 0 Å². The first-order valence-electron chi connectivity index (χ1n) is 4.92. The maximum absolute atomic E-state index is 11.9. The van der Waals surface area contributed by atoms with Crippen LogP contribution in [0.2, 0.25) is 0 Å². The van der Waals surface area contributed by atoms with Crippen LogP contribution in [0.1, 0.15) is 36.7 Å². The molecule has 0 radical (unpaired) electrons. The Balaban J connectivity index is 3.04. The molecular weight excluding hydrogens is 226 g/mol. The molecule has 0 spiro atoms. The van der Waals surface area contributed by atoms with Gasteiger partial charge in [-0.1, -0.05) is 11.3 Å². The zero-order valence-electron chi connectivity index (χ0n) is 10.2. The van der Waals surface area contributed by atoms with E-state index in [0.717, 1.165) is 5.56 Å². The Labute approximate surface area is 99.4 Å². The SMILES string of the molecule is COc1sc(N)c(C(=O)OC(C)(C)C)c1C. The number of methoxy groups -OCH3 is 1. The van der Waals surface area contributed by atoms with Gasteiger partial charge in [0.05, 0.1) is 7.11 Å². The number of esters is 1. The van der Waals surface area contributed by atoms with Crippen LogP contribution < -0.4 is 10.5 Å². The number of carbonyl (C=O) groups is 1. The van der Waals surface area contributed by atoms with E-state index in [0.29, 0.717) is 15.6 Å². The second-order valence-electron chi connectivity index (χ2n) is 4.46. The van der Waals surface area contributed by atoms with E-state index in [2.05, 4.69) is 0 Å². The second kappa shape index (κ2) is 4.33. The molecule has 4 nitrogen and oxygen atoms in total. The maximum Gasteiger partial charge on any atom is 0.342 e. The molecule has 0 aliphatic rings. The molecule has 0 aliphatic carbocycles. The first-order valence-corrected chi connectivity index (χ1v) is 5.74. The summed E-state index contributed by atoms with van der Waals surface area (Å²) in [6, 6.07) is 0. The largest absolute Gasteiger partial charge is 0.487 e. The second-order valence-corrected chi connectivity index (χ2v) is 5.47. The van der Waals surface area contributed by atoms with Crippen molar-refractivity contribution < 1.29 is 14.3 Å². The van der Waals surface area contributed by atoms with Gasteiger partial charge in [-0.15, -0.1) is 0 Å². The monoisotopic (exact) mass is 243 g/mol. The fourth-order valence-corrected chi connectivity index (χ4v) is 2.17. The summed E-state index contributed by atoms with van der Waals surface area (Å²) in [5.74, 6) is -0.401. The van der Waals surface area contributed by atoms with Crippen LogP contribution in [0.15, 0.2) is 0 Å². The van der Waals surface area contributed by atoms with Gasteiger partial charge in [0.25, 0.3) is 0 Å². The number of nitrogens with two attached hydrogens (primary N) is 1. The maximum atomic E-state index is 11.9. The average molecular weight is 243 g/mol. The topological polar surface area (TPSA) is 61.5 Å². The molecule has 0 aromatic carbocycles. The number of thiophene rings is 1. The summed E-state index contributed by atoms with van der Waals surface area (Å²) in [4.78, 5) is 11.9. The molecule has 0 amide bonds. The molecule has 0 unspecified atom stereocenters. The van der Waals surface area contributed by atoms with Gasteiger partial charge in [-0.05, 0) is 27.7 Å². The van der Waals surface area contributed by atoms with Crippen molar-refractivity contribution in [2.75, 3.05) is 12.8 Å². The lowest BCUT2D eigenvalue weighted by atomic mass is 10.1. The fraction of sp³-hybridized carbons (Fsp3) is 0.545. The van der Waals surface area contributed by atoms with Gasteiger partial charge in [-0.2, -0.15) is 0 Å². The van der Waals surface area contributed by atoms with E-state index in [1.807, 2.05) is 20.8 Å². The molecule has 0 atom stereocenters. The number of carbonyl (C=O) groups excluding carboxylic acids is 1. The summed E-state index contributed by atoms with van der Waals surface area (Å²) in [6.07, 6.45) is 0. The average Bonchev–Trinajstić information content (AvgIpc) is 2.38. The van der Waals surface area contributed by atoms with E-state index in [1.165, 1.54) is 11.3 Å². The summed E-state index contributed by atoms with van der Waals surface area (Å²) >= 11 is 1.25. The highest BCUT2D eigenvalue weighted by atomic mass is 32.1. The highest BCUT2D eigenvalue weighted by Gasteiger charge is 2.25. The van der Waals surface area contributed by atoms with Crippen LogP contribution in [0.25, 0.3) is 0 Å². The van der Waals surface area contributed by atoms with Crippen LogP contribution in [0.4, 0.5) is 5.00 Å². The molecule has 5 heteroatoms. The van der Waals surface area contributed by atoms with Crippen molar-refractivity contribution in [3.05, 3.63) is 11.1 Å². The lowest BCUT2D eigenvalue weighted by Gasteiger charge is -2.19. The smallest absolute Gasteiger partial charge is 0.342 e. The number of nitrogen functional groups attached to an aromatic ring is 1. The summed E-state index contributed by atoms with van der Waals surface area (Å²) in [5.41, 5.74) is 6.40. The van der Waals surface area contributed by atoms with E-state index < -0.39 is 11.6 Å². The molecule has 0 aliphatic heterocycles. The van der Waals surface area contributed by atoms with Crippen molar-refractivity contribution in [1.82, 2.24) is 0 Å². The first kappa shape index (κ1) is 12.8. The normalized spacial score (nSPS) is 11.3. The van der Waals surface area contributed by atoms with Gasteiger partial charge in [-0.3, -0.25) is 0 Å². The zero-order valence-corrected chi connectivity index (χ0v) is 11.0. The minimum atomic E-state index is -0.523. The Morgan fingerprint density at radius 1 is 1.38 bits per heavy atom. The van der Waals surface area contributed by atoms with Crippen LogP contribution >= 0.6 is 11.3 Å². The van der Waals surface area contributed by atoms with Gasteiger partial charge in [0.15, 0.2) is 5.06 Å². The van der Waals surface area contributed by atoms with E-state index in [1.54, 1.807) is 14.0 Å². The van der Waals surface area contributed by atoms with Crippen molar-refractivity contribution in [3.8, 4) is 5.06 Å². The van der Waals surface area contributed by atoms with Crippen molar-refractivity contribution in [2.24, 2.45) is 0 Å². The molecule has 16 heavy (non-hydrogen) atoms. The summed E-state index contributed by atoms with van der Waals surface area (Å²) in [7, 11) is 1.55. The number of anilines is 1. The van der Waals surface area contributed by atoms with Gasteiger partial charge in [0, 0.05) is 5.56 Å². The molecule has 0 fully saturated rings. The minimum Gasteiger partial charge on any atom is -0.487 e. The van der Waals surface area contributed by atoms with Crippen LogP contribution in [-0.2, 0) is 4.74 Å². The predicted octanol–water partition coefficient (Wildman–Crippen LogP) is 2.60. The van der Waals surface area contributed by atoms with Crippen LogP contribution in [0.5, 0.6) is 5.06 Å². The van der Waals surface area contributed by atoms with Crippen molar-refractivity contribution in [2.45, 2.75) is 33.3 Å². The zero-order chi connectivity index (χ0) is 12.5. The van der Waals surface area contributed by atoms with Gasteiger partial charge < -0.3 is 15.2 Å². The number of hydrogen-bond donors (Lipinski definition) is 1. The molecule has 1 heterocycles. The third-order valence-electron chi connectivity index (χ3n) is 1.92. The molecule has 1 aromatic heterocycles. The molecule has 0 saturated heterocycles. The predicted molar refractivity (Wildman–Crippen MR) is 65.2 cm³/mol. The molecule has 1 rings (SSSR count). The van der Waals surface area contributed by atoms with Gasteiger partial charge >= 0.3 is 5.97 Å². The number of ether oxygens (including phenoxy) is 2.